The number of aryl methyl sites for hydroxylation is 1. The molecule has 1 aliphatic heterocycles. The molecule has 0 atom stereocenters. The van der Waals surface area contributed by atoms with Gasteiger partial charge in [0.25, 0.3) is 5.91 Å². The Labute approximate surface area is 224 Å². The molecule has 1 aliphatic rings. The summed E-state index contributed by atoms with van der Waals surface area (Å²) < 4.78 is 44.2. The average molecular weight is 556 g/mol. The van der Waals surface area contributed by atoms with Crippen LogP contribution in [0.4, 0.5) is 18.0 Å². The van der Waals surface area contributed by atoms with Crippen LogP contribution in [0.2, 0.25) is 0 Å². The fraction of sp³-hybridized carbons (Fsp3) is 0.259. The van der Waals surface area contributed by atoms with Crippen molar-refractivity contribution < 1.29 is 27.9 Å². The topological polar surface area (TPSA) is 110 Å². The quantitative estimate of drug-likeness (QED) is 0.388. The lowest BCUT2D eigenvalue weighted by Crippen LogP contribution is -2.48. The SMILES string of the molecule is Cn1c(=O)c(=O)n(C(=O)O)c2cc(-n3ccc(C(=O)N4CCN(Cc5ccccc5)CC4)c3)c(C(F)(F)F)cc21. The van der Waals surface area contributed by atoms with E-state index in [-0.39, 0.29) is 21.6 Å². The van der Waals surface area contributed by atoms with Crippen molar-refractivity contribution >= 4 is 23.0 Å². The number of amides is 1. The highest BCUT2D eigenvalue weighted by atomic mass is 19.4. The standard InChI is InChI=1S/C27H24F3N5O5/c1-31-21-13-19(27(28,29)30)20(14-22(21)35(26(39)40)25(38)24(31)37)34-8-7-18(16-34)23(36)33-11-9-32(10-12-33)15-17-5-3-2-4-6-17/h2-8,13-14,16H,9-12,15H2,1H3,(H,39,40). The lowest BCUT2D eigenvalue weighted by Gasteiger charge is -2.34. The van der Waals surface area contributed by atoms with Crippen LogP contribution in [-0.4, -0.2) is 66.8 Å². The number of carbonyl (C=O) groups is 2. The van der Waals surface area contributed by atoms with Gasteiger partial charge in [0.1, 0.15) is 0 Å². The smallest absolute Gasteiger partial charge is 0.419 e. The fourth-order valence-corrected chi connectivity index (χ4v) is 4.91. The molecule has 0 spiro atoms. The summed E-state index contributed by atoms with van der Waals surface area (Å²) in [6.07, 6.45) is -4.21. The summed E-state index contributed by atoms with van der Waals surface area (Å²) >= 11 is 0. The first-order valence-corrected chi connectivity index (χ1v) is 12.3. The van der Waals surface area contributed by atoms with Gasteiger partial charge in [0.05, 0.1) is 27.8 Å². The van der Waals surface area contributed by atoms with Gasteiger partial charge in [-0.15, -0.1) is 0 Å². The molecule has 5 rings (SSSR count). The molecule has 2 aromatic heterocycles. The van der Waals surface area contributed by atoms with Crippen molar-refractivity contribution in [1.29, 1.82) is 0 Å². The van der Waals surface area contributed by atoms with Crippen LogP contribution in [0.15, 0.2) is 70.5 Å². The number of carbonyl (C=O) groups excluding carboxylic acids is 1. The minimum absolute atomic E-state index is 0.117. The van der Waals surface area contributed by atoms with Crippen LogP contribution >= 0.6 is 0 Å². The Morgan fingerprint density at radius 1 is 0.925 bits per heavy atom. The molecular weight excluding hydrogens is 531 g/mol. The van der Waals surface area contributed by atoms with Crippen molar-refractivity contribution in [3.63, 3.8) is 0 Å². The maximum absolute atomic E-state index is 14.1. The Bertz CT molecular complexity index is 1730. The molecule has 0 saturated carbocycles. The summed E-state index contributed by atoms with van der Waals surface area (Å²) in [5, 5.41) is 9.52. The van der Waals surface area contributed by atoms with Crippen LogP contribution in [-0.2, 0) is 19.8 Å². The van der Waals surface area contributed by atoms with Crippen LogP contribution in [0, 0.1) is 0 Å². The molecule has 4 aromatic rings. The summed E-state index contributed by atoms with van der Waals surface area (Å²) in [5.74, 6) is -0.350. The number of piperazine rings is 1. The van der Waals surface area contributed by atoms with E-state index >= 15 is 0 Å². The molecule has 208 valence electrons. The molecule has 1 saturated heterocycles. The Hall–Kier alpha value is -4.65. The summed E-state index contributed by atoms with van der Waals surface area (Å²) in [5.41, 5.74) is -3.85. The lowest BCUT2D eigenvalue weighted by atomic mass is 10.1. The van der Waals surface area contributed by atoms with Crippen molar-refractivity contribution in [3.05, 3.63) is 98.3 Å². The van der Waals surface area contributed by atoms with E-state index in [9.17, 15) is 37.5 Å². The Morgan fingerprint density at radius 2 is 1.60 bits per heavy atom. The molecule has 2 aromatic carbocycles. The second-order valence-electron chi connectivity index (χ2n) is 9.50. The van der Waals surface area contributed by atoms with Crippen LogP contribution in [0.5, 0.6) is 0 Å². The molecule has 1 amide bonds. The number of carboxylic acid groups (broad SMARTS) is 1. The third-order valence-electron chi connectivity index (χ3n) is 7.01. The predicted octanol–water partition coefficient (Wildman–Crippen LogP) is 2.99. The lowest BCUT2D eigenvalue weighted by molar-refractivity contribution is -0.137. The van der Waals surface area contributed by atoms with Gasteiger partial charge in [-0.25, -0.2) is 9.36 Å². The second-order valence-corrected chi connectivity index (χ2v) is 9.50. The van der Waals surface area contributed by atoms with Gasteiger partial charge in [-0.1, -0.05) is 30.3 Å². The molecule has 1 fully saturated rings. The zero-order chi connectivity index (χ0) is 28.8. The van der Waals surface area contributed by atoms with E-state index in [2.05, 4.69) is 4.90 Å². The fourth-order valence-electron chi connectivity index (χ4n) is 4.91. The van der Waals surface area contributed by atoms with Crippen molar-refractivity contribution in [3.8, 4) is 5.69 Å². The highest BCUT2D eigenvalue weighted by Crippen LogP contribution is 2.36. The zero-order valence-electron chi connectivity index (χ0n) is 21.3. The number of alkyl halides is 3. The Kier molecular flexibility index (Phi) is 6.84. The van der Waals surface area contributed by atoms with Gasteiger partial charge in [-0.05, 0) is 23.8 Å². The van der Waals surface area contributed by atoms with Crippen LogP contribution < -0.4 is 11.1 Å². The van der Waals surface area contributed by atoms with Crippen LogP contribution in [0.3, 0.4) is 0 Å². The third-order valence-corrected chi connectivity index (χ3v) is 7.01. The second kappa shape index (κ2) is 10.2. The van der Waals surface area contributed by atoms with Gasteiger partial charge < -0.3 is 19.1 Å². The average Bonchev–Trinajstić information content (AvgIpc) is 3.41. The summed E-state index contributed by atoms with van der Waals surface area (Å²) in [4.78, 5) is 53.3. The summed E-state index contributed by atoms with van der Waals surface area (Å²) in [6.45, 7) is 2.90. The molecule has 40 heavy (non-hydrogen) atoms. The molecule has 0 bridgehead atoms. The first-order valence-electron chi connectivity index (χ1n) is 12.3. The first-order chi connectivity index (χ1) is 19.0. The van der Waals surface area contributed by atoms with Gasteiger partial charge in [0, 0.05) is 52.2 Å². The molecule has 13 heteroatoms. The summed E-state index contributed by atoms with van der Waals surface area (Å²) in [7, 11) is 1.09. The van der Waals surface area contributed by atoms with E-state index in [1.807, 2.05) is 30.3 Å². The van der Waals surface area contributed by atoms with Gasteiger partial charge >= 0.3 is 23.4 Å². The number of hydrogen-bond donors (Lipinski definition) is 1. The number of halogens is 3. The Morgan fingerprint density at radius 3 is 2.23 bits per heavy atom. The predicted molar refractivity (Wildman–Crippen MR) is 139 cm³/mol. The van der Waals surface area contributed by atoms with E-state index in [0.717, 1.165) is 29.8 Å². The van der Waals surface area contributed by atoms with E-state index in [1.54, 1.807) is 4.90 Å². The van der Waals surface area contributed by atoms with E-state index in [0.29, 0.717) is 36.8 Å². The van der Waals surface area contributed by atoms with Gasteiger partial charge in [0.15, 0.2) is 0 Å². The molecule has 3 heterocycles. The van der Waals surface area contributed by atoms with Gasteiger partial charge in [0.2, 0.25) is 0 Å². The highest BCUT2D eigenvalue weighted by Gasteiger charge is 2.36. The van der Waals surface area contributed by atoms with Crippen molar-refractivity contribution in [1.82, 2.24) is 23.5 Å². The molecular formula is C27H24F3N5O5. The van der Waals surface area contributed by atoms with E-state index in [4.69, 9.17) is 0 Å². The van der Waals surface area contributed by atoms with Crippen LogP contribution in [0.25, 0.3) is 16.7 Å². The van der Waals surface area contributed by atoms with Crippen molar-refractivity contribution in [2.24, 2.45) is 7.05 Å². The normalized spacial score (nSPS) is 14.6. The maximum Gasteiger partial charge on any atom is 0.419 e. The third kappa shape index (κ3) is 4.91. The van der Waals surface area contributed by atoms with E-state index in [1.165, 1.54) is 18.5 Å². The maximum atomic E-state index is 14.1. The van der Waals surface area contributed by atoms with Gasteiger partial charge in [-0.2, -0.15) is 13.2 Å². The first kappa shape index (κ1) is 26.9. The minimum atomic E-state index is -4.90. The largest absolute Gasteiger partial charge is 0.464 e. The molecule has 0 aliphatic carbocycles. The minimum Gasteiger partial charge on any atom is -0.464 e. The number of rotatable bonds is 4. The van der Waals surface area contributed by atoms with Crippen LogP contribution in [0.1, 0.15) is 21.5 Å². The molecule has 0 unspecified atom stereocenters. The molecule has 1 N–H and O–H groups in total. The molecule has 0 radical (unpaired) electrons. The number of fused-ring (bicyclic) bond motifs is 1. The van der Waals surface area contributed by atoms with E-state index < -0.39 is 40.2 Å². The number of benzene rings is 2. The highest BCUT2D eigenvalue weighted by molar-refractivity contribution is 5.94. The Balaban J connectivity index is 1.47. The molecule has 10 nitrogen and oxygen atoms in total. The summed E-state index contributed by atoms with van der Waals surface area (Å²) in [6, 6.07) is 12.8. The van der Waals surface area contributed by atoms with Crippen molar-refractivity contribution in [2.75, 3.05) is 26.2 Å². The monoisotopic (exact) mass is 555 g/mol. The zero-order valence-corrected chi connectivity index (χ0v) is 21.3. The number of nitrogens with zero attached hydrogens (tertiary/aromatic N) is 5. The van der Waals surface area contributed by atoms with Crippen molar-refractivity contribution in [2.45, 2.75) is 12.7 Å². The van der Waals surface area contributed by atoms with Gasteiger partial charge in [-0.3, -0.25) is 19.3 Å². The number of hydrogen-bond acceptors (Lipinski definition) is 5. The number of aromatic nitrogens is 3.